The van der Waals surface area contributed by atoms with Gasteiger partial charge in [0, 0.05) is 11.1 Å². The molecule has 2 atom stereocenters. The van der Waals surface area contributed by atoms with Gasteiger partial charge >= 0.3 is 0 Å². The minimum absolute atomic E-state index is 0.112. The third kappa shape index (κ3) is 4.65. The molecular formula is C13H18ClNO2. The molecule has 1 N–H and O–H groups in total. The van der Waals surface area contributed by atoms with Crippen LogP contribution in [0, 0.1) is 0 Å². The van der Waals surface area contributed by atoms with Crippen molar-refractivity contribution in [2.45, 2.75) is 39.3 Å². The van der Waals surface area contributed by atoms with E-state index in [0.717, 1.165) is 6.42 Å². The summed E-state index contributed by atoms with van der Waals surface area (Å²) in [5.74, 6) is 0.489. The number of rotatable bonds is 5. The molecule has 0 heterocycles. The molecule has 0 saturated carbocycles. The quantitative estimate of drug-likeness (QED) is 0.878. The van der Waals surface area contributed by atoms with E-state index < -0.39 is 6.10 Å². The predicted octanol–water partition coefficient (Wildman–Crippen LogP) is 3.02. The van der Waals surface area contributed by atoms with Crippen molar-refractivity contribution < 1.29 is 9.53 Å². The minimum atomic E-state index is -0.525. The second kappa shape index (κ2) is 6.50. The van der Waals surface area contributed by atoms with Crippen molar-refractivity contribution in [2.24, 2.45) is 0 Å². The summed E-state index contributed by atoms with van der Waals surface area (Å²) in [6.45, 7) is 5.70. The second-order valence-electron chi connectivity index (χ2n) is 4.04. The monoisotopic (exact) mass is 255 g/mol. The molecule has 0 saturated heterocycles. The Hall–Kier alpha value is -1.22. The predicted molar refractivity (Wildman–Crippen MR) is 69.4 cm³/mol. The first kappa shape index (κ1) is 13.8. The lowest BCUT2D eigenvalue weighted by Gasteiger charge is -2.17. The third-order valence-electron chi connectivity index (χ3n) is 2.48. The van der Waals surface area contributed by atoms with Crippen LogP contribution in [0.4, 0.5) is 0 Å². The van der Waals surface area contributed by atoms with Crippen molar-refractivity contribution in [3.63, 3.8) is 0 Å². The van der Waals surface area contributed by atoms with Crippen LogP contribution in [0.2, 0.25) is 5.02 Å². The number of carbonyl (C=O) groups is 1. The first-order chi connectivity index (χ1) is 8.02. The van der Waals surface area contributed by atoms with E-state index in [9.17, 15) is 4.79 Å². The van der Waals surface area contributed by atoms with Gasteiger partial charge in [0.2, 0.25) is 0 Å². The normalized spacial score (nSPS) is 13.9. The van der Waals surface area contributed by atoms with Gasteiger partial charge in [-0.25, -0.2) is 0 Å². The van der Waals surface area contributed by atoms with Crippen molar-refractivity contribution in [3.05, 3.63) is 29.3 Å². The van der Waals surface area contributed by atoms with Crippen LogP contribution in [0.25, 0.3) is 0 Å². The van der Waals surface area contributed by atoms with Gasteiger partial charge in [-0.1, -0.05) is 24.6 Å². The number of nitrogens with one attached hydrogen (secondary N) is 1. The molecule has 1 rings (SSSR count). The maximum atomic E-state index is 11.7. The summed E-state index contributed by atoms with van der Waals surface area (Å²) in [4.78, 5) is 11.7. The Bertz CT molecular complexity index is 381. The van der Waals surface area contributed by atoms with Crippen molar-refractivity contribution in [1.29, 1.82) is 0 Å². The molecule has 0 aliphatic heterocycles. The Morgan fingerprint density at radius 1 is 1.47 bits per heavy atom. The number of hydrogen-bond acceptors (Lipinski definition) is 2. The lowest BCUT2D eigenvalue weighted by atomic mass is 10.2. The number of ether oxygens (including phenoxy) is 1. The molecule has 0 unspecified atom stereocenters. The first-order valence-corrected chi connectivity index (χ1v) is 6.13. The molecule has 1 amide bonds. The Balaban J connectivity index is 2.54. The molecule has 0 aromatic heterocycles. The van der Waals surface area contributed by atoms with E-state index >= 15 is 0 Å². The fraction of sp³-hybridized carbons (Fsp3) is 0.462. The molecule has 0 bridgehead atoms. The molecule has 4 heteroatoms. The molecule has 17 heavy (non-hydrogen) atoms. The summed E-state index contributed by atoms with van der Waals surface area (Å²) >= 11 is 5.83. The van der Waals surface area contributed by atoms with Gasteiger partial charge in [-0.3, -0.25) is 4.79 Å². The van der Waals surface area contributed by atoms with Gasteiger partial charge in [-0.05, 0) is 38.5 Å². The van der Waals surface area contributed by atoms with E-state index in [1.165, 1.54) is 0 Å². The highest BCUT2D eigenvalue weighted by Crippen LogP contribution is 2.18. The Kier molecular flexibility index (Phi) is 5.29. The summed E-state index contributed by atoms with van der Waals surface area (Å²) in [7, 11) is 0. The Morgan fingerprint density at radius 3 is 2.76 bits per heavy atom. The smallest absolute Gasteiger partial charge is 0.260 e. The van der Waals surface area contributed by atoms with E-state index in [1.54, 1.807) is 31.2 Å². The van der Waals surface area contributed by atoms with Crippen LogP contribution in [0.5, 0.6) is 5.75 Å². The summed E-state index contributed by atoms with van der Waals surface area (Å²) in [5, 5.41) is 3.46. The molecule has 1 aromatic carbocycles. The molecule has 3 nitrogen and oxygen atoms in total. The van der Waals surface area contributed by atoms with Crippen LogP contribution in [0.1, 0.15) is 27.2 Å². The number of hydrogen-bond donors (Lipinski definition) is 1. The van der Waals surface area contributed by atoms with Gasteiger partial charge in [0.05, 0.1) is 0 Å². The zero-order valence-corrected chi connectivity index (χ0v) is 11.1. The standard InChI is InChI=1S/C13H18ClNO2/c1-4-9(2)15-13(16)10(3)17-12-7-5-6-11(14)8-12/h5-10H,4H2,1-3H3,(H,15,16)/t9-,10+/m0/s1. The number of benzene rings is 1. The van der Waals surface area contributed by atoms with Crippen LogP contribution < -0.4 is 10.1 Å². The fourth-order valence-electron chi connectivity index (χ4n) is 1.26. The van der Waals surface area contributed by atoms with E-state index in [2.05, 4.69) is 5.32 Å². The van der Waals surface area contributed by atoms with Crippen LogP contribution in [0.15, 0.2) is 24.3 Å². The summed E-state index contributed by atoms with van der Waals surface area (Å²) < 4.78 is 5.51. The van der Waals surface area contributed by atoms with Gasteiger partial charge in [0.1, 0.15) is 5.75 Å². The van der Waals surface area contributed by atoms with Crippen LogP contribution in [-0.4, -0.2) is 18.1 Å². The van der Waals surface area contributed by atoms with Crippen molar-refractivity contribution >= 4 is 17.5 Å². The summed E-state index contributed by atoms with van der Waals surface area (Å²) in [6.07, 6.45) is 0.373. The first-order valence-electron chi connectivity index (χ1n) is 5.75. The van der Waals surface area contributed by atoms with Crippen molar-refractivity contribution in [2.75, 3.05) is 0 Å². The van der Waals surface area contributed by atoms with Gasteiger partial charge in [-0.15, -0.1) is 0 Å². The minimum Gasteiger partial charge on any atom is -0.481 e. The average molecular weight is 256 g/mol. The van der Waals surface area contributed by atoms with Gasteiger partial charge < -0.3 is 10.1 Å². The maximum Gasteiger partial charge on any atom is 0.260 e. The third-order valence-corrected chi connectivity index (χ3v) is 2.71. The van der Waals surface area contributed by atoms with Gasteiger partial charge in [-0.2, -0.15) is 0 Å². The van der Waals surface area contributed by atoms with E-state index in [1.807, 2.05) is 13.8 Å². The molecule has 0 aliphatic rings. The number of carbonyl (C=O) groups excluding carboxylic acids is 1. The van der Waals surface area contributed by atoms with E-state index in [4.69, 9.17) is 16.3 Å². The molecule has 0 aliphatic carbocycles. The van der Waals surface area contributed by atoms with E-state index in [0.29, 0.717) is 10.8 Å². The highest BCUT2D eigenvalue weighted by Gasteiger charge is 2.16. The Labute approximate surface area is 107 Å². The lowest BCUT2D eigenvalue weighted by Crippen LogP contribution is -2.40. The highest BCUT2D eigenvalue weighted by atomic mass is 35.5. The fourth-order valence-corrected chi connectivity index (χ4v) is 1.44. The topological polar surface area (TPSA) is 38.3 Å². The average Bonchev–Trinajstić information content (AvgIpc) is 2.28. The molecule has 0 fully saturated rings. The largest absolute Gasteiger partial charge is 0.481 e. The number of amides is 1. The Morgan fingerprint density at radius 2 is 2.18 bits per heavy atom. The van der Waals surface area contributed by atoms with Gasteiger partial charge in [0.25, 0.3) is 5.91 Å². The molecule has 94 valence electrons. The SMILES string of the molecule is CC[C@H](C)NC(=O)[C@@H](C)Oc1cccc(Cl)c1. The zero-order chi connectivity index (χ0) is 12.8. The van der Waals surface area contributed by atoms with Crippen molar-refractivity contribution in [3.8, 4) is 5.75 Å². The van der Waals surface area contributed by atoms with Crippen molar-refractivity contribution in [1.82, 2.24) is 5.32 Å². The zero-order valence-electron chi connectivity index (χ0n) is 10.4. The van der Waals surface area contributed by atoms with Crippen LogP contribution in [-0.2, 0) is 4.79 Å². The molecule has 0 spiro atoms. The lowest BCUT2D eigenvalue weighted by molar-refractivity contribution is -0.127. The highest BCUT2D eigenvalue weighted by molar-refractivity contribution is 6.30. The van der Waals surface area contributed by atoms with Gasteiger partial charge in [0.15, 0.2) is 6.10 Å². The van der Waals surface area contributed by atoms with E-state index in [-0.39, 0.29) is 11.9 Å². The molecular weight excluding hydrogens is 238 g/mol. The van der Waals surface area contributed by atoms with Crippen LogP contribution in [0.3, 0.4) is 0 Å². The molecule has 0 radical (unpaired) electrons. The summed E-state index contributed by atoms with van der Waals surface area (Å²) in [6, 6.07) is 7.18. The molecule has 1 aromatic rings. The number of halogens is 1. The second-order valence-corrected chi connectivity index (χ2v) is 4.47. The maximum absolute atomic E-state index is 11.7. The summed E-state index contributed by atoms with van der Waals surface area (Å²) in [5.41, 5.74) is 0. The van der Waals surface area contributed by atoms with Crippen LogP contribution >= 0.6 is 11.6 Å².